The maximum Gasteiger partial charge on any atom is 0.346 e. The van der Waals surface area contributed by atoms with Crippen LogP contribution in [0.4, 0.5) is 0 Å². The minimum absolute atomic E-state index is 0.237. The molecule has 0 aliphatic carbocycles. The van der Waals surface area contributed by atoms with Gasteiger partial charge in [0.15, 0.2) is 11.3 Å². The first-order valence-electron chi connectivity index (χ1n) is 9.73. The van der Waals surface area contributed by atoms with Crippen LogP contribution in [-0.2, 0) is 9.13 Å². The van der Waals surface area contributed by atoms with Crippen LogP contribution in [0.15, 0.2) is 24.3 Å². The molecule has 0 spiro atoms. The fourth-order valence-electron chi connectivity index (χ4n) is 4.12. The highest BCUT2D eigenvalue weighted by Gasteiger charge is 2.34. The van der Waals surface area contributed by atoms with E-state index in [9.17, 15) is 9.13 Å². The van der Waals surface area contributed by atoms with Crippen molar-refractivity contribution in [1.82, 2.24) is 0 Å². The van der Waals surface area contributed by atoms with Gasteiger partial charge in [-0.25, -0.2) is 0 Å². The van der Waals surface area contributed by atoms with E-state index in [4.69, 9.17) is 0 Å². The van der Waals surface area contributed by atoms with Crippen LogP contribution in [0.5, 0.6) is 0 Å². The Morgan fingerprint density at radius 1 is 0.583 bits per heavy atom. The second-order valence-electron chi connectivity index (χ2n) is 7.39. The number of benzene rings is 1. The van der Waals surface area contributed by atoms with Crippen molar-refractivity contribution in [2.75, 3.05) is 12.3 Å². The van der Waals surface area contributed by atoms with Crippen molar-refractivity contribution >= 4 is 15.6 Å². The molecular weight excluding hydrogens is 334 g/mol. The summed E-state index contributed by atoms with van der Waals surface area (Å²) in [6.45, 7) is 0. The van der Waals surface area contributed by atoms with Crippen LogP contribution in [0, 0.1) is 0 Å². The van der Waals surface area contributed by atoms with Gasteiger partial charge < -0.3 is 0 Å². The Hall–Kier alpha value is -0.580. The first-order chi connectivity index (χ1) is 11.8. The Morgan fingerprint density at radius 2 is 0.958 bits per heavy atom. The molecule has 2 aliphatic rings. The fourth-order valence-corrected chi connectivity index (χ4v) is 7.77. The standard InChI is InChI=1S/C20H30O2P2/c21-23-15-7-3-1-5-9-19(23)17-11-13-18(14-12-17)20-10-6-2-4-8-16-24(20)22/h11-14,19-20H,1-10,15-16H2/q+2. The van der Waals surface area contributed by atoms with Crippen LogP contribution in [-0.4, -0.2) is 12.3 Å². The van der Waals surface area contributed by atoms with Crippen LogP contribution >= 0.6 is 15.6 Å². The zero-order chi connectivity index (χ0) is 16.8. The quantitative estimate of drug-likeness (QED) is 0.514. The van der Waals surface area contributed by atoms with Crippen molar-refractivity contribution in [3.63, 3.8) is 0 Å². The minimum atomic E-state index is -1.12. The average Bonchev–Trinajstić information content (AvgIpc) is 2.56. The Balaban J connectivity index is 1.73. The topological polar surface area (TPSA) is 34.1 Å². The molecule has 0 aromatic heterocycles. The molecule has 3 rings (SSSR count). The van der Waals surface area contributed by atoms with Gasteiger partial charge in [-0.15, -0.1) is 0 Å². The molecule has 24 heavy (non-hydrogen) atoms. The lowest BCUT2D eigenvalue weighted by Gasteiger charge is -2.14. The van der Waals surface area contributed by atoms with E-state index in [-0.39, 0.29) is 11.3 Å². The summed E-state index contributed by atoms with van der Waals surface area (Å²) in [7, 11) is -2.25. The predicted molar refractivity (Wildman–Crippen MR) is 103 cm³/mol. The first kappa shape index (κ1) is 18.2. The molecule has 130 valence electrons. The number of hydrogen-bond donors (Lipinski definition) is 0. The molecule has 2 saturated heterocycles. The predicted octanol–water partition coefficient (Wildman–Crippen LogP) is 7.35. The summed E-state index contributed by atoms with van der Waals surface area (Å²) in [5.74, 6) is 0. The largest absolute Gasteiger partial charge is 0.346 e. The molecule has 0 amide bonds. The summed E-state index contributed by atoms with van der Waals surface area (Å²) in [6, 6.07) is 8.71. The van der Waals surface area contributed by atoms with Gasteiger partial charge in [0, 0.05) is 11.1 Å². The van der Waals surface area contributed by atoms with Crippen LogP contribution in [0.3, 0.4) is 0 Å². The molecule has 4 unspecified atom stereocenters. The van der Waals surface area contributed by atoms with Crippen LogP contribution in [0.1, 0.15) is 86.7 Å². The monoisotopic (exact) mass is 364 g/mol. The Bertz CT molecular complexity index is 517. The van der Waals surface area contributed by atoms with Crippen LogP contribution in [0.25, 0.3) is 0 Å². The Morgan fingerprint density at radius 3 is 1.38 bits per heavy atom. The zero-order valence-electron chi connectivity index (χ0n) is 14.7. The van der Waals surface area contributed by atoms with E-state index in [1.165, 1.54) is 49.7 Å². The molecule has 2 fully saturated rings. The molecule has 0 saturated carbocycles. The molecule has 0 radical (unpaired) electrons. The van der Waals surface area contributed by atoms with E-state index >= 15 is 0 Å². The molecule has 2 aliphatic heterocycles. The maximum atomic E-state index is 12.6. The molecule has 1 aromatic rings. The highest BCUT2D eigenvalue weighted by Crippen LogP contribution is 2.49. The maximum absolute atomic E-state index is 12.6. The lowest BCUT2D eigenvalue weighted by Crippen LogP contribution is -2.02. The van der Waals surface area contributed by atoms with Gasteiger partial charge in [-0.2, -0.15) is 0 Å². The lowest BCUT2D eigenvalue weighted by atomic mass is 10.00. The van der Waals surface area contributed by atoms with Crippen molar-refractivity contribution < 1.29 is 9.13 Å². The molecule has 0 bridgehead atoms. The van der Waals surface area contributed by atoms with E-state index in [1.54, 1.807) is 0 Å². The SMILES string of the molecule is O=[P+]1CCCCCCC1c1ccc(C2CCCCCC[P+]2=O)cc1. The third-order valence-electron chi connectivity index (χ3n) is 5.61. The van der Waals surface area contributed by atoms with E-state index < -0.39 is 15.6 Å². The Kier molecular flexibility index (Phi) is 6.99. The first-order valence-corrected chi connectivity index (χ1v) is 12.8. The van der Waals surface area contributed by atoms with E-state index in [0.717, 1.165) is 38.0 Å². The molecular formula is C20H30O2P2+2. The number of rotatable bonds is 2. The van der Waals surface area contributed by atoms with Crippen LogP contribution in [0.2, 0.25) is 0 Å². The summed E-state index contributed by atoms with van der Waals surface area (Å²) in [4.78, 5) is 0. The van der Waals surface area contributed by atoms with Gasteiger partial charge in [0.2, 0.25) is 0 Å². The van der Waals surface area contributed by atoms with E-state index in [2.05, 4.69) is 24.3 Å². The lowest BCUT2D eigenvalue weighted by molar-refractivity contribution is 0.545. The Labute approximate surface area is 148 Å². The van der Waals surface area contributed by atoms with Gasteiger partial charge in [0.1, 0.15) is 12.3 Å². The van der Waals surface area contributed by atoms with Crippen molar-refractivity contribution in [2.45, 2.75) is 75.5 Å². The summed E-state index contributed by atoms with van der Waals surface area (Å²) >= 11 is 0. The van der Waals surface area contributed by atoms with Crippen molar-refractivity contribution in [3.8, 4) is 0 Å². The highest BCUT2D eigenvalue weighted by molar-refractivity contribution is 7.45. The normalized spacial score (nSPS) is 30.0. The highest BCUT2D eigenvalue weighted by atomic mass is 31.1. The summed E-state index contributed by atoms with van der Waals surface area (Å²) < 4.78 is 25.2. The van der Waals surface area contributed by atoms with Gasteiger partial charge in [-0.05, 0) is 51.4 Å². The van der Waals surface area contributed by atoms with Gasteiger partial charge in [-0.1, -0.05) is 46.2 Å². The third kappa shape index (κ3) is 4.74. The molecule has 4 atom stereocenters. The summed E-state index contributed by atoms with van der Waals surface area (Å²) in [5.41, 5.74) is 2.95. The summed E-state index contributed by atoms with van der Waals surface area (Å²) in [6.07, 6.45) is 13.6. The second kappa shape index (κ2) is 9.21. The number of hydrogen-bond acceptors (Lipinski definition) is 2. The van der Waals surface area contributed by atoms with Gasteiger partial charge in [-0.3, -0.25) is 0 Å². The van der Waals surface area contributed by atoms with Gasteiger partial charge >= 0.3 is 15.6 Å². The molecule has 2 heterocycles. The zero-order valence-corrected chi connectivity index (χ0v) is 16.4. The average molecular weight is 364 g/mol. The van der Waals surface area contributed by atoms with Crippen molar-refractivity contribution in [2.24, 2.45) is 0 Å². The van der Waals surface area contributed by atoms with E-state index in [0.29, 0.717) is 0 Å². The van der Waals surface area contributed by atoms with Crippen LogP contribution < -0.4 is 0 Å². The molecule has 1 aromatic carbocycles. The third-order valence-corrected chi connectivity index (χ3v) is 9.63. The minimum Gasteiger partial charge on any atom is -0.0741 e. The fraction of sp³-hybridized carbons (Fsp3) is 0.700. The van der Waals surface area contributed by atoms with Gasteiger partial charge in [0.25, 0.3) is 0 Å². The summed E-state index contributed by atoms with van der Waals surface area (Å²) in [5, 5.41) is 0. The van der Waals surface area contributed by atoms with E-state index in [1.807, 2.05) is 0 Å². The molecule has 2 nitrogen and oxygen atoms in total. The van der Waals surface area contributed by atoms with Crippen molar-refractivity contribution in [3.05, 3.63) is 35.4 Å². The second-order valence-corrected chi connectivity index (χ2v) is 11.2. The van der Waals surface area contributed by atoms with Gasteiger partial charge in [0.05, 0.1) is 0 Å². The molecule has 0 N–H and O–H groups in total. The molecule has 4 heteroatoms. The van der Waals surface area contributed by atoms with Crippen molar-refractivity contribution in [1.29, 1.82) is 0 Å². The smallest absolute Gasteiger partial charge is 0.0741 e.